The van der Waals surface area contributed by atoms with E-state index in [4.69, 9.17) is 14.9 Å². The Balaban J connectivity index is 3.90. The largest absolute Gasteiger partial charge is 0.459 e. The van der Waals surface area contributed by atoms with Crippen LogP contribution in [-0.2, 0) is 9.53 Å². The van der Waals surface area contributed by atoms with Gasteiger partial charge < -0.3 is 14.9 Å². The second-order valence-corrected chi connectivity index (χ2v) is 6.01. The molecule has 1 atom stereocenters. The summed E-state index contributed by atoms with van der Waals surface area (Å²) in [5.74, 6) is -0.296. The minimum absolute atomic E-state index is 0.0275. The Kier molecular flexibility index (Phi) is 14.4. The Bertz CT molecular complexity index is 289. The zero-order valence-electron chi connectivity index (χ0n) is 14.2. The van der Waals surface area contributed by atoms with Crippen LogP contribution < -0.4 is 0 Å². The molecule has 0 saturated carbocycles. The van der Waals surface area contributed by atoms with Gasteiger partial charge in [0.2, 0.25) is 0 Å². The highest BCUT2D eigenvalue weighted by Crippen LogP contribution is 2.16. The van der Waals surface area contributed by atoms with Crippen molar-refractivity contribution in [2.75, 3.05) is 13.2 Å². The molecular formula is C18H34O4. The molecule has 0 aromatic rings. The van der Waals surface area contributed by atoms with Crippen LogP contribution in [0, 0.1) is 0 Å². The number of hydrogen-bond acceptors (Lipinski definition) is 4. The van der Waals surface area contributed by atoms with Gasteiger partial charge in [-0.1, -0.05) is 38.7 Å². The highest BCUT2D eigenvalue weighted by molar-refractivity contribution is 5.87. The number of esters is 1. The van der Waals surface area contributed by atoms with E-state index in [1.54, 1.807) is 6.92 Å². The second kappa shape index (κ2) is 15.0. The van der Waals surface area contributed by atoms with Crippen molar-refractivity contribution in [1.82, 2.24) is 0 Å². The van der Waals surface area contributed by atoms with Crippen LogP contribution in [0.1, 0.15) is 77.6 Å². The fraction of sp³-hybridized carbons (Fsp3) is 0.833. The molecule has 22 heavy (non-hydrogen) atoms. The number of carbonyl (C=O) groups excluding carboxylic acids is 1. The number of unbranched alkanes of at least 4 members (excludes halogenated alkanes) is 7. The molecule has 4 nitrogen and oxygen atoms in total. The fourth-order valence-electron chi connectivity index (χ4n) is 2.37. The maximum absolute atomic E-state index is 11.7. The molecule has 1 unspecified atom stereocenters. The SMILES string of the molecule is C=C(C)C(=O)OC(CCCCCO)CCCCCCCCO. The molecule has 0 radical (unpaired) electrons. The predicted octanol–water partition coefficient (Wildman–Crippen LogP) is 3.75. The Labute approximate surface area is 135 Å². The van der Waals surface area contributed by atoms with E-state index in [-0.39, 0.29) is 25.3 Å². The first-order valence-electron chi connectivity index (χ1n) is 8.70. The molecule has 130 valence electrons. The number of rotatable bonds is 15. The summed E-state index contributed by atoms with van der Waals surface area (Å²) in [5, 5.41) is 17.5. The minimum atomic E-state index is -0.296. The van der Waals surface area contributed by atoms with Gasteiger partial charge in [0.25, 0.3) is 0 Å². The summed E-state index contributed by atoms with van der Waals surface area (Å²) in [6.07, 6.45) is 11.0. The average Bonchev–Trinajstić information content (AvgIpc) is 2.50. The van der Waals surface area contributed by atoms with Gasteiger partial charge in [-0.25, -0.2) is 4.79 Å². The molecule has 0 amide bonds. The zero-order valence-corrected chi connectivity index (χ0v) is 14.2. The molecule has 0 aliphatic heterocycles. The van der Waals surface area contributed by atoms with Crippen molar-refractivity contribution in [3.8, 4) is 0 Å². The monoisotopic (exact) mass is 314 g/mol. The summed E-state index contributed by atoms with van der Waals surface area (Å²) in [6.45, 7) is 5.81. The first-order valence-corrected chi connectivity index (χ1v) is 8.70. The van der Waals surface area contributed by atoms with Gasteiger partial charge in [0.1, 0.15) is 6.10 Å². The molecule has 0 saturated heterocycles. The maximum atomic E-state index is 11.7. The average molecular weight is 314 g/mol. The van der Waals surface area contributed by atoms with E-state index in [1.165, 1.54) is 6.42 Å². The number of ether oxygens (including phenoxy) is 1. The van der Waals surface area contributed by atoms with Gasteiger partial charge in [-0.15, -0.1) is 0 Å². The molecular weight excluding hydrogens is 280 g/mol. The van der Waals surface area contributed by atoms with E-state index < -0.39 is 0 Å². The Hall–Kier alpha value is -0.870. The first kappa shape index (κ1) is 21.1. The van der Waals surface area contributed by atoms with E-state index in [2.05, 4.69) is 6.58 Å². The summed E-state index contributed by atoms with van der Waals surface area (Å²) in [7, 11) is 0. The normalized spacial score (nSPS) is 12.1. The summed E-state index contributed by atoms with van der Waals surface area (Å²) in [6, 6.07) is 0. The van der Waals surface area contributed by atoms with Gasteiger partial charge in [-0.3, -0.25) is 0 Å². The summed E-state index contributed by atoms with van der Waals surface area (Å²) >= 11 is 0. The predicted molar refractivity (Wildman–Crippen MR) is 89.7 cm³/mol. The summed E-state index contributed by atoms with van der Waals surface area (Å²) < 4.78 is 5.50. The highest BCUT2D eigenvalue weighted by atomic mass is 16.5. The van der Waals surface area contributed by atoms with Crippen LogP contribution in [0.25, 0.3) is 0 Å². The van der Waals surface area contributed by atoms with E-state index in [0.29, 0.717) is 5.57 Å². The third-order valence-electron chi connectivity index (χ3n) is 3.74. The topological polar surface area (TPSA) is 66.8 Å². The van der Waals surface area contributed by atoms with Gasteiger partial charge in [0.15, 0.2) is 0 Å². The maximum Gasteiger partial charge on any atom is 0.333 e. The van der Waals surface area contributed by atoms with Crippen molar-refractivity contribution in [3.05, 3.63) is 12.2 Å². The van der Waals surface area contributed by atoms with Crippen LogP contribution >= 0.6 is 0 Å². The number of hydrogen-bond donors (Lipinski definition) is 2. The smallest absolute Gasteiger partial charge is 0.333 e. The van der Waals surface area contributed by atoms with Crippen LogP contribution in [0.15, 0.2) is 12.2 Å². The zero-order chi connectivity index (χ0) is 16.6. The third-order valence-corrected chi connectivity index (χ3v) is 3.74. The van der Waals surface area contributed by atoms with Gasteiger partial charge in [0.05, 0.1) is 0 Å². The van der Waals surface area contributed by atoms with Crippen LogP contribution in [0.3, 0.4) is 0 Å². The van der Waals surface area contributed by atoms with Crippen molar-refractivity contribution in [1.29, 1.82) is 0 Å². The lowest BCUT2D eigenvalue weighted by atomic mass is 10.0. The Morgan fingerprint density at radius 2 is 1.27 bits per heavy atom. The van der Waals surface area contributed by atoms with E-state index in [1.807, 2.05) is 0 Å². The summed E-state index contributed by atoms with van der Waals surface area (Å²) in [5.41, 5.74) is 0.448. The van der Waals surface area contributed by atoms with E-state index >= 15 is 0 Å². The van der Waals surface area contributed by atoms with E-state index in [9.17, 15) is 4.79 Å². The van der Waals surface area contributed by atoms with Crippen LogP contribution in [0.2, 0.25) is 0 Å². The quantitative estimate of drug-likeness (QED) is 0.274. The molecule has 0 bridgehead atoms. The van der Waals surface area contributed by atoms with Crippen molar-refractivity contribution < 1.29 is 19.7 Å². The lowest BCUT2D eigenvalue weighted by Crippen LogP contribution is -2.18. The summed E-state index contributed by atoms with van der Waals surface area (Å²) in [4.78, 5) is 11.7. The minimum Gasteiger partial charge on any atom is -0.459 e. The highest BCUT2D eigenvalue weighted by Gasteiger charge is 2.14. The number of aliphatic hydroxyl groups excluding tert-OH is 2. The standard InChI is InChI=1S/C18H34O4/c1-16(2)18(21)22-17(13-9-7-11-15-20)12-8-5-3-4-6-10-14-19/h17,19-20H,1,3-15H2,2H3. The second-order valence-electron chi connectivity index (χ2n) is 6.01. The lowest BCUT2D eigenvalue weighted by Gasteiger charge is -2.18. The van der Waals surface area contributed by atoms with Crippen molar-refractivity contribution in [3.63, 3.8) is 0 Å². The lowest BCUT2D eigenvalue weighted by molar-refractivity contribution is -0.145. The van der Waals surface area contributed by atoms with Gasteiger partial charge >= 0.3 is 5.97 Å². The molecule has 0 aromatic carbocycles. The molecule has 0 fully saturated rings. The Morgan fingerprint density at radius 1 is 0.864 bits per heavy atom. The molecule has 4 heteroatoms. The van der Waals surface area contributed by atoms with E-state index in [0.717, 1.165) is 64.2 Å². The molecule has 0 spiro atoms. The van der Waals surface area contributed by atoms with Crippen LogP contribution in [0.5, 0.6) is 0 Å². The Morgan fingerprint density at radius 3 is 1.73 bits per heavy atom. The molecule has 0 heterocycles. The van der Waals surface area contributed by atoms with Crippen molar-refractivity contribution in [2.24, 2.45) is 0 Å². The van der Waals surface area contributed by atoms with Crippen LogP contribution in [0.4, 0.5) is 0 Å². The molecule has 2 N–H and O–H groups in total. The van der Waals surface area contributed by atoms with Gasteiger partial charge in [-0.2, -0.15) is 0 Å². The fourth-order valence-corrected chi connectivity index (χ4v) is 2.37. The van der Waals surface area contributed by atoms with Crippen LogP contribution in [-0.4, -0.2) is 35.5 Å². The number of aliphatic hydroxyl groups is 2. The van der Waals surface area contributed by atoms with Crippen molar-refractivity contribution >= 4 is 5.97 Å². The van der Waals surface area contributed by atoms with Gasteiger partial charge in [0, 0.05) is 18.8 Å². The molecule has 0 aliphatic rings. The van der Waals surface area contributed by atoms with Crippen molar-refractivity contribution in [2.45, 2.75) is 83.7 Å². The molecule has 0 aliphatic carbocycles. The molecule has 0 rings (SSSR count). The van der Waals surface area contributed by atoms with Gasteiger partial charge in [-0.05, 0) is 45.4 Å². The molecule has 0 aromatic heterocycles. The first-order chi connectivity index (χ1) is 10.6. The number of carbonyl (C=O) groups is 1. The third kappa shape index (κ3) is 12.8.